The summed E-state index contributed by atoms with van der Waals surface area (Å²) in [6.07, 6.45) is 1.47. The first kappa shape index (κ1) is 21.8. The molecule has 0 heterocycles. The predicted molar refractivity (Wildman–Crippen MR) is 112 cm³/mol. The van der Waals surface area contributed by atoms with E-state index in [1.165, 1.54) is 4.31 Å². The molecule has 0 aliphatic heterocycles. The van der Waals surface area contributed by atoms with E-state index in [0.29, 0.717) is 18.7 Å². The van der Waals surface area contributed by atoms with Crippen molar-refractivity contribution in [3.8, 4) is 5.75 Å². The third-order valence-electron chi connectivity index (χ3n) is 4.39. The van der Waals surface area contributed by atoms with Crippen LogP contribution in [0.4, 0.5) is 5.69 Å². The van der Waals surface area contributed by atoms with Crippen LogP contribution in [-0.4, -0.2) is 33.2 Å². The molecule has 0 fully saturated rings. The zero-order chi connectivity index (χ0) is 20.7. The van der Waals surface area contributed by atoms with E-state index < -0.39 is 16.1 Å². The summed E-state index contributed by atoms with van der Waals surface area (Å²) in [5.41, 5.74) is 1.39. The molecule has 2 rings (SSSR count). The van der Waals surface area contributed by atoms with Crippen molar-refractivity contribution in [3.63, 3.8) is 0 Å². The molecule has 0 aliphatic rings. The number of benzene rings is 2. The zero-order valence-electron chi connectivity index (χ0n) is 16.8. The molecule has 0 spiro atoms. The minimum atomic E-state index is -3.63. The summed E-state index contributed by atoms with van der Waals surface area (Å²) in [5.74, 6) is 0.432. The van der Waals surface area contributed by atoms with E-state index in [2.05, 4.69) is 5.32 Å². The summed E-state index contributed by atoms with van der Waals surface area (Å²) < 4.78 is 31.5. The van der Waals surface area contributed by atoms with Crippen molar-refractivity contribution in [3.05, 3.63) is 60.2 Å². The number of sulfonamides is 1. The molecule has 0 bridgehead atoms. The van der Waals surface area contributed by atoms with Gasteiger partial charge in [0.15, 0.2) is 0 Å². The number of ether oxygens (including phenoxy) is 1. The van der Waals surface area contributed by atoms with Crippen molar-refractivity contribution >= 4 is 21.6 Å². The molecular formula is C21H28N2O4S. The van der Waals surface area contributed by atoms with Crippen LogP contribution in [0.1, 0.15) is 38.8 Å². The maximum absolute atomic E-state index is 12.9. The maximum atomic E-state index is 12.9. The Bertz CT molecular complexity index is 867. The van der Waals surface area contributed by atoms with E-state index in [4.69, 9.17) is 4.74 Å². The van der Waals surface area contributed by atoms with Crippen LogP contribution in [0, 0.1) is 0 Å². The van der Waals surface area contributed by atoms with Crippen LogP contribution in [0.3, 0.4) is 0 Å². The lowest BCUT2D eigenvalue weighted by Gasteiger charge is -2.31. The molecule has 6 nitrogen and oxygen atoms in total. The number of hydrogen-bond donors (Lipinski definition) is 1. The minimum Gasteiger partial charge on any atom is -0.494 e. The fourth-order valence-corrected chi connectivity index (χ4v) is 4.26. The fraction of sp³-hybridized carbons (Fsp3) is 0.381. The highest BCUT2D eigenvalue weighted by Gasteiger charge is 2.32. The average molecular weight is 405 g/mol. The molecule has 152 valence electrons. The van der Waals surface area contributed by atoms with Gasteiger partial charge in [0.1, 0.15) is 11.8 Å². The topological polar surface area (TPSA) is 75.7 Å². The van der Waals surface area contributed by atoms with Gasteiger partial charge in [-0.2, -0.15) is 0 Å². The van der Waals surface area contributed by atoms with Crippen LogP contribution >= 0.6 is 0 Å². The molecule has 0 aliphatic carbocycles. The van der Waals surface area contributed by atoms with E-state index in [1.54, 1.807) is 37.3 Å². The number of carbonyl (C=O) groups excluding carboxylic acids is 1. The number of para-hydroxylation sites is 1. The summed E-state index contributed by atoms with van der Waals surface area (Å²) >= 11 is 0. The van der Waals surface area contributed by atoms with Gasteiger partial charge in [-0.1, -0.05) is 37.3 Å². The molecule has 2 atom stereocenters. The van der Waals surface area contributed by atoms with Gasteiger partial charge in [0.2, 0.25) is 15.9 Å². The summed E-state index contributed by atoms with van der Waals surface area (Å²) in [6.45, 7) is 6.17. The predicted octanol–water partition coefficient (Wildman–Crippen LogP) is 3.51. The molecule has 2 aromatic carbocycles. The van der Waals surface area contributed by atoms with Gasteiger partial charge in [-0.05, 0) is 50.1 Å². The first-order valence-electron chi connectivity index (χ1n) is 9.35. The number of hydrogen-bond acceptors (Lipinski definition) is 4. The molecule has 0 aromatic heterocycles. The van der Waals surface area contributed by atoms with Gasteiger partial charge < -0.3 is 10.1 Å². The van der Waals surface area contributed by atoms with Gasteiger partial charge >= 0.3 is 0 Å². The first-order valence-corrected chi connectivity index (χ1v) is 11.2. The molecule has 7 heteroatoms. The van der Waals surface area contributed by atoms with Gasteiger partial charge in [-0.15, -0.1) is 0 Å². The van der Waals surface area contributed by atoms with Crippen LogP contribution in [0.5, 0.6) is 5.75 Å². The number of carbonyl (C=O) groups is 1. The first-order chi connectivity index (χ1) is 13.3. The van der Waals surface area contributed by atoms with E-state index in [0.717, 1.165) is 17.6 Å². The zero-order valence-corrected chi connectivity index (χ0v) is 17.6. The summed E-state index contributed by atoms with van der Waals surface area (Å²) in [7, 11) is -3.63. The Morgan fingerprint density at radius 1 is 1.07 bits per heavy atom. The highest BCUT2D eigenvalue weighted by atomic mass is 32.2. The van der Waals surface area contributed by atoms with Crippen molar-refractivity contribution < 1.29 is 17.9 Å². The standard InChI is InChI=1S/C21H28N2O4S/c1-5-20(23(28(4,25)26)18-10-8-7-9-11-18)21(24)22-16(3)17-12-14-19(15-13-17)27-6-2/h7-16,20H,5-6H2,1-4H3,(H,22,24)/t16-,20+/m0/s1. The lowest BCUT2D eigenvalue weighted by atomic mass is 10.1. The Balaban J connectivity index is 2.21. The highest BCUT2D eigenvalue weighted by Crippen LogP contribution is 2.23. The Morgan fingerprint density at radius 3 is 2.18 bits per heavy atom. The van der Waals surface area contributed by atoms with Crippen LogP contribution < -0.4 is 14.4 Å². The molecule has 0 radical (unpaired) electrons. The number of rotatable bonds is 9. The molecule has 1 amide bonds. The lowest BCUT2D eigenvalue weighted by Crippen LogP contribution is -2.49. The van der Waals surface area contributed by atoms with Gasteiger partial charge in [-0.25, -0.2) is 8.42 Å². The molecule has 28 heavy (non-hydrogen) atoms. The summed E-state index contributed by atoms with van der Waals surface area (Å²) in [4.78, 5) is 12.9. The molecular weight excluding hydrogens is 376 g/mol. The summed E-state index contributed by atoms with van der Waals surface area (Å²) in [6, 6.07) is 15.1. The molecule has 1 N–H and O–H groups in total. The Kier molecular flexibility index (Phi) is 7.45. The minimum absolute atomic E-state index is 0.269. The second kappa shape index (κ2) is 9.59. The Hall–Kier alpha value is -2.54. The van der Waals surface area contributed by atoms with Gasteiger partial charge in [0.25, 0.3) is 0 Å². The van der Waals surface area contributed by atoms with Gasteiger partial charge in [0.05, 0.1) is 24.6 Å². The van der Waals surface area contributed by atoms with Crippen molar-refractivity contribution in [2.75, 3.05) is 17.2 Å². The second-order valence-corrected chi connectivity index (χ2v) is 8.41. The van der Waals surface area contributed by atoms with E-state index in [1.807, 2.05) is 38.1 Å². The number of nitrogens with one attached hydrogen (secondary N) is 1. The second-order valence-electron chi connectivity index (χ2n) is 6.55. The largest absolute Gasteiger partial charge is 0.494 e. The van der Waals surface area contributed by atoms with Crippen molar-refractivity contribution in [1.82, 2.24) is 5.32 Å². The molecule has 0 saturated carbocycles. The van der Waals surface area contributed by atoms with Crippen LogP contribution in [0.2, 0.25) is 0 Å². The normalized spacial score (nSPS) is 13.4. The smallest absolute Gasteiger partial charge is 0.244 e. The van der Waals surface area contributed by atoms with Crippen LogP contribution in [0.25, 0.3) is 0 Å². The monoisotopic (exact) mass is 404 g/mol. The number of nitrogens with zero attached hydrogens (tertiary/aromatic N) is 1. The molecule has 2 aromatic rings. The average Bonchev–Trinajstić information content (AvgIpc) is 2.66. The van der Waals surface area contributed by atoms with Crippen LogP contribution in [-0.2, 0) is 14.8 Å². The van der Waals surface area contributed by atoms with E-state index in [-0.39, 0.29) is 11.9 Å². The van der Waals surface area contributed by atoms with Gasteiger partial charge in [0, 0.05) is 0 Å². The van der Waals surface area contributed by atoms with Crippen molar-refractivity contribution in [2.24, 2.45) is 0 Å². The fourth-order valence-electron chi connectivity index (χ4n) is 3.05. The summed E-state index contributed by atoms with van der Waals surface area (Å²) in [5, 5.41) is 2.94. The maximum Gasteiger partial charge on any atom is 0.244 e. The number of anilines is 1. The van der Waals surface area contributed by atoms with Gasteiger partial charge in [-0.3, -0.25) is 9.10 Å². The highest BCUT2D eigenvalue weighted by molar-refractivity contribution is 7.92. The number of amides is 1. The third-order valence-corrected chi connectivity index (χ3v) is 5.57. The lowest BCUT2D eigenvalue weighted by molar-refractivity contribution is -0.122. The SMILES string of the molecule is CCOc1ccc([C@H](C)NC(=O)[C@@H](CC)N(c2ccccc2)S(C)(=O)=O)cc1. The molecule has 0 unspecified atom stereocenters. The van der Waals surface area contributed by atoms with Crippen LogP contribution in [0.15, 0.2) is 54.6 Å². The van der Waals surface area contributed by atoms with Crippen molar-refractivity contribution in [1.29, 1.82) is 0 Å². The molecule has 0 saturated heterocycles. The van der Waals surface area contributed by atoms with Crippen molar-refractivity contribution in [2.45, 2.75) is 39.3 Å². The van der Waals surface area contributed by atoms with E-state index >= 15 is 0 Å². The third kappa shape index (κ3) is 5.48. The quantitative estimate of drug-likeness (QED) is 0.694. The Labute approximate surface area is 167 Å². The Morgan fingerprint density at radius 2 is 1.68 bits per heavy atom. The van der Waals surface area contributed by atoms with E-state index in [9.17, 15) is 13.2 Å².